The Balaban J connectivity index is 2.18. The number of hydrogen-bond donors (Lipinski definition) is 0. The highest BCUT2D eigenvalue weighted by Gasteiger charge is 2.19. The maximum absolute atomic E-state index is 5.99. The fourth-order valence-electron chi connectivity index (χ4n) is 1.95. The van der Waals surface area contributed by atoms with E-state index >= 15 is 0 Å². The minimum absolute atomic E-state index is 0.521. The van der Waals surface area contributed by atoms with Crippen LogP contribution < -0.4 is 0 Å². The van der Waals surface area contributed by atoms with Crippen molar-refractivity contribution in [2.45, 2.75) is 64.7 Å². The predicted molar refractivity (Wildman–Crippen MR) is 54.7 cm³/mol. The zero-order valence-electron chi connectivity index (χ0n) is 8.51. The molecular formula is C10H21BO. The molecule has 0 N–H and O–H groups in total. The average molecular weight is 168 g/mol. The summed E-state index contributed by atoms with van der Waals surface area (Å²) < 4.78 is 5.99. The standard InChI is InChI=1S/C10H21BO/c1-3-11(4-2)12-10-8-6-5-7-9-10/h10H,3-9H2,1-2H3. The monoisotopic (exact) mass is 168 g/mol. The van der Waals surface area contributed by atoms with Gasteiger partial charge >= 0.3 is 0 Å². The van der Waals surface area contributed by atoms with Crippen molar-refractivity contribution in [3.8, 4) is 0 Å². The second-order valence-corrected chi connectivity index (χ2v) is 3.83. The van der Waals surface area contributed by atoms with E-state index in [4.69, 9.17) is 4.65 Å². The van der Waals surface area contributed by atoms with Gasteiger partial charge in [-0.1, -0.05) is 45.8 Å². The Labute approximate surface area is 77.0 Å². The fraction of sp³-hybridized carbons (Fsp3) is 1.00. The SMILES string of the molecule is CCB(CC)OC1CCCCC1. The molecule has 0 aromatic carbocycles. The molecule has 0 radical (unpaired) electrons. The minimum Gasteiger partial charge on any atom is -0.433 e. The van der Waals surface area contributed by atoms with E-state index in [0.29, 0.717) is 13.0 Å². The highest BCUT2D eigenvalue weighted by atomic mass is 16.4. The molecule has 1 saturated carbocycles. The third-order valence-corrected chi connectivity index (χ3v) is 2.85. The Morgan fingerprint density at radius 3 is 2.17 bits per heavy atom. The zero-order valence-corrected chi connectivity index (χ0v) is 8.51. The van der Waals surface area contributed by atoms with E-state index < -0.39 is 0 Å². The molecule has 1 rings (SSSR count). The molecule has 0 saturated heterocycles. The van der Waals surface area contributed by atoms with Gasteiger partial charge in [-0.25, -0.2) is 0 Å². The maximum atomic E-state index is 5.99. The largest absolute Gasteiger partial charge is 0.433 e. The molecule has 1 nitrogen and oxygen atoms in total. The van der Waals surface area contributed by atoms with E-state index in [1.807, 2.05) is 0 Å². The van der Waals surface area contributed by atoms with Crippen LogP contribution in [-0.2, 0) is 4.65 Å². The van der Waals surface area contributed by atoms with Gasteiger partial charge in [0.25, 0.3) is 6.92 Å². The van der Waals surface area contributed by atoms with Gasteiger partial charge in [0.05, 0.1) is 0 Å². The molecule has 70 valence electrons. The Kier molecular flexibility index (Phi) is 4.74. The summed E-state index contributed by atoms with van der Waals surface area (Å²) in [5, 5.41) is 0. The lowest BCUT2D eigenvalue weighted by Crippen LogP contribution is -2.26. The van der Waals surface area contributed by atoms with Crippen molar-refractivity contribution in [1.82, 2.24) is 0 Å². The molecule has 0 bridgehead atoms. The molecular weight excluding hydrogens is 147 g/mol. The Morgan fingerprint density at radius 1 is 1.08 bits per heavy atom. The fourth-order valence-corrected chi connectivity index (χ4v) is 1.95. The molecule has 0 amide bonds. The molecule has 0 atom stereocenters. The summed E-state index contributed by atoms with van der Waals surface area (Å²) in [7, 11) is 0. The van der Waals surface area contributed by atoms with Crippen molar-refractivity contribution in [1.29, 1.82) is 0 Å². The molecule has 12 heavy (non-hydrogen) atoms. The lowest BCUT2D eigenvalue weighted by atomic mass is 9.62. The molecule has 0 aromatic heterocycles. The van der Waals surface area contributed by atoms with Crippen LogP contribution in [0.4, 0.5) is 0 Å². The van der Waals surface area contributed by atoms with Crippen molar-refractivity contribution in [2.24, 2.45) is 0 Å². The second kappa shape index (κ2) is 5.63. The highest BCUT2D eigenvalue weighted by Crippen LogP contribution is 2.21. The van der Waals surface area contributed by atoms with Crippen molar-refractivity contribution in [3.05, 3.63) is 0 Å². The van der Waals surface area contributed by atoms with Gasteiger partial charge < -0.3 is 4.65 Å². The molecule has 1 aliphatic carbocycles. The smallest absolute Gasteiger partial charge is 0.292 e. The van der Waals surface area contributed by atoms with Gasteiger partial charge in [0.1, 0.15) is 0 Å². The summed E-state index contributed by atoms with van der Waals surface area (Å²) in [5.41, 5.74) is 0. The Bertz CT molecular complexity index is 106. The van der Waals surface area contributed by atoms with Gasteiger partial charge in [-0.15, -0.1) is 0 Å². The normalized spacial score (nSPS) is 19.5. The van der Waals surface area contributed by atoms with Gasteiger partial charge in [0, 0.05) is 6.10 Å². The van der Waals surface area contributed by atoms with Crippen LogP contribution >= 0.6 is 0 Å². The van der Waals surface area contributed by atoms with Crippen LogP contribution in [0, 0.1) is 0 Å². The van der Waals surface area contributed by atoms with Gasteiger partial charge in [-0.2, -0.15) is 0 Å². The third-order valence-electron chi connectivity index (χ3n) is 2.85. The van der Waals surface area contributed by atoms with Crippen LogP contribution in [0.5, 0.6) is 0 Å². The minimum atomic E-state index is 0.521. The van der Waals surface area contributed by atoms with E-state index in [1.54, 1.807) is 0 Å². The first-order valence-electron chi connectivity index (χ1n) is 5.52. The summed E-state index contributed by atoms with van der Waals surface area (Å²) in [6.45, 7) is 4.96. The summed E-state index contributed by atoms with van der Waals surface area (Å²) in [6.07, 6.45) is 9.72. The third kappa shape index (κ3) is 3.18. The van der Waals surface area contributed by atoms with E-state index in [2.05, 4.69) is 13.8 Å². The quantitative estimate of drug-likeness (QED) is 0.584. The van der Waals surface area contributed by atoms with E-state index in [0.717, 1.165) is 0 Å². The lowest BCUT2D eigenvalue weighted by Gasteiger charge is -2.25. The molecule has 0 spiro atoms. The van der Waals surface area contributed by atoms with Crippen LogP contribution in [0.2, 0.25) is 12.6 Å². The lowest BCUT2D eigenvalue weighted by molar-refractivity contribution is 0.153. The summed E-state index contributed by atoms with van der Waals surface area (Å²) in [6, 6.07) is 0. The number of rotatable bonds is 4. The first kappa shape index (κ1) is 10.1. The molecule has 0 aromatic rings. The van der Waals surface area contributed by atoms with Crippen LogP contribution in [0.15, 0.2) is 0 Å². The topological polar surface area (TPSA) is 9.23 Å². The summed E-state index contributed by atoms with van der Waals surface area (Å²) >= 11 is 0. The van der Waals surface area contributed by atoms with Crippen LogP contribution in [-0.4, -0.2) is 13.0 Å². The van der Waals surface area contributed by atoms with Crippen LogP contribution in [0.1, 0.15) is 46.0 Å². The van der Waals surface area contributed by atoms with E-state index in [9.17, 15) is 0 Å². The molecule has 1 fully saturated rings. The molecule has 1 aliphatic rings. The second-order valence-electron chi connectivity index (χ2n) is 3.83. The Morgan fingerprint density at radius 2 is 1.67 bits per heavy atom. The number of hydrogen-bond acceptors (Lipinski definition) is 1. The Hall–Kier alpha value is 0.0249. The van der Waals surface area contributed by atoms with Gasteiger partial charge in [-0.05, 0) is 12.8 Å². The van der Waals surface area contributed by atoms with Crippen LogP contribution in [0.3, 0.4) is 0 Å². The molecule has 0 aliphatic heterocycles. The molecule has 0 heterocycles. The van der Waals surface area contributed by atoms with Crippen molar-refractivity contribution in [2.75, 3.05) is 0 Å². The first-order chi connectivity index (χ1) is 5.86. The zero-order chi connectivity index (χ0) is 8.81. The first-order valence-corrected chi connectivity index (χ1v) is 5.52. The van der Waals surface area contributed by atoms with Gasteiger partial charge in [0.15, 0.2) is 0 Å². The highest BCUT2D eigenvalue weighted by molar-refractivity contribution is 6.51. The maximum Gasteiger partial charge on any atom is 0.292 e. The molecule has 0 unspecified atom stereocenters. The summed E-state index contributed by atoms with van der Waals surface area (Å²) in [4.78, 5) is 0. The van der Waals surface area contributed by atoms with Gasteiger partial charge in [-0.3, -0.25) is 0 Å². The molecule has 2 heteroatoms. The summed E-state index contributed by atoms with van der Waals surface area (Å²) in [5.74, 6) is 0. The predicted octanol–water partition coefficient (Wildman–Crippen LogP) is 3.37. The van der Waals surface area contributed by atoms with E-state index in [1.165, 1.54) is 44.7 Å². The average Bonchev–Trinajstić information content (AvgIpc) is 2.16. The van der Waals surface area contributed by atoms with Crippen molar-refractivity contribution < 1.29 is 4.65 Å². The van der Waals surface area contributed by atoms with Crippen molar-refractivity contribution in [3.63, 3.8) is 0 Å². The van der Waals surface area contributed by atoms with Crippen molar-refractivity contribution >= 4 is 6.92 Å². The van der Waals surface area contributed by atoms with Gasteiger partial charge in [0.2, 0.25) is 0 Å². The van der Waals surface area contributed by atoms with Crippen LogP contribution in [0.25, 0.3) is 0 Å². The van der Waals surface area contributed by atoms with E-state index in [-0.39, 0.29) is 0 Å².